The van der Waals surface area contributed by atoms with Crippen molar-refractivity contribution in [3.05, 3.63) is 88.4 Å². The second-order valence-corrected chi connectivity index (χ2v) is 9.88. The van der Waals surface area contributed by atoms with Crippen molar-refractivity contribution in [2.75, 3.05) is 22.5 Å². The van der Waals surface area contributed by atoms with Crippen LogP contribution in [-0.4, -0.2) is 41.0 Å². The van der Waals surface area contributed by atoms with Crippen molar-refractivity contribution in [3.63, 3.8) is 0 Å². The molecule has 0 saturated heterocycles. The second-order valence-electron chi connectivity index (χ2n) is 8.27. The van der Waals surface area contributed by atoms with E-state index in [2.05, 4.69) is 15.8 Å². The van der Waals surface area contributed by atoms with Gasteiger partial charge in [0.2, 0.25) is 0 Å². The van der Waals surface area contributed by atoms with Gasteiger partial charge < -0.3 is 15.3 Å². The number of thioether (sulfide) groups is 1. The van der Waals surface area contributed by atoms with Gasteiger partial charge in [0.15, 0.2) is 5.71 Å². The van der Waals surface area contributed by atoms with Crippen molar-refractivity contribution >= 4 is 58.4 Å². The third-order valence-corrected chi connectivity index (χ3v) is 6.85. The zero-order chi connectivity index (χ0) is 26.4. The van der Waals surface area contributed by atoms with E-state index in [1.165, 1.54) is 0 Å². The van der Waals surface area contributed by atoms with Crippen LogP contribution in [0.4, 0.5) is 16.2 Å². The monoisotopic (exact) mass is 536 g/mol. The lowest BCUT2D eigenvalue weighted by Crippen LogP contribution is -2.33. The summed E-state index contributed by atoms with van der Waals surface area (Å²) >= 11 is 7.58. The number of carbonyl (C=O) groups excluding carboxylic acids is 2. The molecule has 190 valence electrons. The Balaban J connectivity index is 1.46. The van der Waals surface area contributed by atoms with Crippen LogP contribution in [0.2, 0.25) is 5.02 Å². The highest BCUT2D eigenvalue weighted by Crippen LogP contribution is 2.33. The molecule has 3 aromatic carbocycles. The fraction of sp³-hybridized carbons (Fsp3) is 0.185. The lowest BCUT2D eigenvalue weighted by atomic mass is 10.1. The number of anilines is 2. The van der Waals surface area contributed by atoms with Gasteiger partial charge in [-0.3, -0.25) is 4.79 Å². The normalized spacial score (nSPS) is 13.5. The summed E-state index contributed by atoms with van der Waals surface area (Å²) in [4.78, 5) is 39.1. The Morgan fingerprint density at radius 2 is 1.86 bits per heavy atom. The maximum Gasteiger partial charge on any atom is 0.339 e. The number of carboxylic acid groups (broad SMARTS) is 1. The van der Waals surface area contributed by atoms with Gasteiger partial charge in [0, 0.05) is 33.5 Å². The zero-order valence-corrected chi connectivity index (χ0v) is 21.6. The molecule has 0 radical (unpaired) electrons. The Labute approximate surface area is 223 Å². The molecule has 37 heavy (non-hydrogen) atoms. The van der Waals surface area contributed by atoms with Crippen LogP contribution in [-0.2, 0) is 11.2 Å². The third-order valence-electron chi connectivity index (χ3n) is 5.62. The minimum atomic E-state index is -0.945. The molecule has 1 heterocycles. The number of aryl methyl sites for hydroxylation is 1. The number of hydrazone groups is 1. The molecule has 0 spiro atoms. The van der Waals surface area contributed by atoms with E-state index in [1.807, 2.05) is 37.3 Å². The molecule has 4 rings (SSSR count). The van der Waals surface area contributed by atoms with Crippen LogP contribution in [0.3, 0.4) is 0 Å². The molecule has 1 aliphatic heterocycles. The van der Waals surface area contributed by atoms with Gasteiger partial charge in [-0.2, -0.15) is 5.10 Å². The third kappa shape index (κ3) is 6.49. The lowest BCUT2D eigenvalue weighted by molar-refractivity contribution is -0.112. The number of hydrogen-bond acceptors (Lipinski definition) is 5. The van der Waals surface area contributed by atoms with Gasteiger partial charge in [0.25, 0.3) is 5.91 Å². The van der Waals surface area contributed by atoms with E-state index in [9.17, 15) is 14.4 Å². The maximum absolute atomic E-state index is 13.1. The molecule has 3 aromatic rings. The van der Waals surface area contributed by atoms with Crippen LogP contribution in [0.5, 0.6) is 0 Å². The summed E-state index contributed by atoms with van der Waals surface area (Å²) in [5.74, 6) is -0.440. The van der Waals surface area contributed by atoms with Crippen LogP contribution in [0.1, 0.15) is 34.8 Å². The molecular weight excluding hydrogens is 512 g/mol. The maximum atomic E-state index is 13.1. The number of rotatable bonds is 9. The minimum absolute atomic E-state index is 0.177. The predicted molar refractivity (Wildman–Crippen MR) is 147 cm³/mol. The number of urea groups is 1. The number of carboxylic acids is 1. The molecule has 0 unspecified atom stereocenters. The molecule has 0 fully saturated rings. The van der Waals surface area contributed by atoms with Crippen LogP contribution in [0.15, 0.2) is 76.7 Å². The van der Waals surface area contributed by atoms with Crippen molar-refractivity contribution in [2.45, 2.75) is 24.7 Å². The Bertz CT molecular complexity index is 1360. The smallest absolute Gasteiger partial charge is 0.339 e. The molecule has 0 aromatic heterocycles. The van der Waals surface area contributed by atoms with E-state index in [1.54, 1.807) is 53.1 Å². The first-order valence-corrected chi connectivity index (χ1v) is 13.0. The van der Waals surface area contributed by atoms with Crippen molar-refractivity contribution < 1.29 is 19.5 Å². The topological polar surface area (TPSA) is 111 Å². The Hall–Kier alpha value is -3.82. The summed E-state index contributed by atoms with van der Waals surface area (Å²) in [7, 11) is 0. The Kier molecular flexibility index (Phi) is 8.47. The Morgan fingerprint density at radius 3 is 2.57 bits per heavy atom. The molecule has 0 atom stereocenters. The number of nitrogens with one attached hydrogen (secondary N) is 2. The quantitative estimate of drug-likeness (QED) is 0.241. The fourth-order valence-electron chi connectivity index (χ4n) is 3.87. The number of halogens is 1. The first-order chi connectivity index (χ1) is 17.9. The molecule has 10 heteroatoms. The lowest BCUT2D eigenvalue weighted by Gasteiger charge is -2.15. The van der Waals surface area contributed by atoms with Crippen molar-refractivity contribution in [1.82, 2.24) is 5.43 Å². The van der Waals surface area contributed by atoms with Gasteiger partial charge >= 0.3 is 12.0 Å². The fourth-order valence-corrected chi connectivity index (χ4v) is 5.00. The largest absolute Gasteiger partial charge is 0.478 e. The van der Waals surface area contributed by atoms with Crippen LogP contribution < -0.4 is 15.6 Å². The number of carbonyl (C=O) groups is 3. The molecule has 0 saturated carbocycles. The van der Waals surface area contributed by atoms with E-state index in [-0.39, 0.29) is 17.2 Å². The van der Waals surface area contributed by atoms with Gasteiger partial charge in [-0.1, -0.05) is 36.7 Å². The average Bonchev–Trinajstić information content (AvgIpc) is 3.13. The number of fused-ring (bicyclic) bond motifs is 1. The number of benzene rings is 3. The standard InChI is InChI=1S/C27H25ClN4O4S/c1-2-13-32-23-11-10-21(37-14-12-17-6-8-18(9-7-17)26(34)35)16-22(23)24(25(32)33)30-31-27(36)29-20-5-3-4-19(28)15-20/h3-11,15-16H,2,12-14H2,1H3,(H,34,35)(H2,29,31,36)/b30-24-. The minimum Gasteiger partial charge on any atom is -0.478 e. The summed E-state index contributed by atoms with van der Waals surface area (Å²) in [5, 5.41) is 16.3. The molecule has 1 aliphatic rings. The van der Waals surface area contributed by atoms with Gasteiger partial charge in [-0.15, -0.1) is 11.8 Å². The second kappa shape index (κ2) is 11.9. The molecule has 0 bridgehead atoms. The SMILES string of the molecule is CCCN1C(=O)/C(=N\NC(=O)Nc2cccc(Cl)c2)c2cc(SCCc3ccc(C(=O)O)cc3)ccc21. The van der Waals surface area contributed by atoms with E-state index >= 15 is 0 Å². The highest BCUT2D eigenvalue weighted by atomic mass is 35.5. The summed E-state index contributed by atoms with van der Waals surface area (Å²) in [6, 6.07) is 18.8. The van der Waals surface area contributed by atoms with E-state index in [0.717, 1.165) is 34.7 Å². The van der Waals surface area contributed by atoms with Crippen molar-refractivity contribution in [1.29, 1.82) is 0 Å². The number of hydrogen-bond donors (Lipinski definition) is 3. The van der Waals surface area contributed by atoms with Crippen LogP contribution in [0.25, 0.3) is 0 Å². The van der Waals surface area contributed by atoms with Gasteiger partial charge in [0.1, 0.15) is 0 Å². The average molecular weight is 537 g/mol. The van der Waals surface area contributed by atoms with E-state index < -0.39 is 12.0 Å². The van der Waals surface area contributed by atoms with Crippen molar-refractivity contribution in [2.24, 2.45) is 5.10 Å². The molecular formula is C27H25ClN4O4S. The summed E-state index contributed by atoms with van der Waals surface area (Å²) in [6.07, 6.45) is 1.53. The molecule has 8 nitrogen and oxygen atoms in total. The summed E-state index contributed by atoms with van der Waals surface area (Å²) < 4.78 is 0. The number of nitrogens with zero attached hydrogens (tertiary/aromatic N) is 2. The molecule has 3 amide bonds. The zero-order valence-electron chi connectivity index (χ0n) is 20.0. The summed E-state index contributed by atoms with van der Waals surface area (Å²) in [5.41, 5.74) is 5.83. The molecule has 3 N–H and O–H groups in total. The van der Waals surface area contributed by atoms with Gasteiger partial charge in [0.05, 0.1) is 11.3 Å². The van der Waals surface area contributed by atoms with Gasteiger partial charge in [-0.25, -0.2) is 15.0 Å². The van der Waals surface area contributed by atoms with Gasteiger partial charge in [-0.05, 0) is 66.9 Å². The van der Waals surface area contributed by atoms with Crippen LogP contribution in [0, 0.1) is 0 Å². The number of amides is 3. The molecule has 0 aliphatic carbocycles. The van der Waals surface area contributed by atoms with Crippen LogP contribution >= 0.6 is 23.4 Å². The Morgan fingerprint density at radius 1 is 1.08 bits per heavy atom. The highest BCUT2D eigenvalue weighted by Gasteiger charge is 2.34. The number of aromatic carboxylic acids is 1. The first kappa shape index (κ1) is 26.2. The predicted octanol–water partition coefficient (Wildman–Crippen LogP) is 5.66. The van der Waals surface area contributed by atoms with Crippen molar-refractivity contribution in [3.8, 4) is 0 Å². The highest BCUT2D eigenvalue weighted by molar-refractivity contribution is 7.99. The van der Waals surface area contributed by atoms with E-state index in [0.29, 0.717) is 22.8 Å². The first-order valence-electron chi connectivity index (χ1n) is 11.7. The van der Waals surface area contributed by atoms with E-state index in [4.69, 9.17) is 16.7 Å². The summed E-state index contributed by atoms with van der Waals surface area (Å²) in [6.45, 7) is 2.53.